The van der Waals surface area contributed by atoms with Crippen molar-refractivity contribution in [1.82, 2.24) is 0 Å². The third-order valence-electron chi connectivity index (χ3n) is 3.81. The van der Waals surface area contributed by atoms with Crippen molar-refractivity contribution in [2.45, 2.75) is 63.2 Å². The average Bonchev–Trinajstić information content (AvgIpc) is 2.75. The van der Waals surface area contributed by atoms with Gasteiger partial charge < -0.3 is 10.5 Å². The smallest absolute Gasteiger partial charge is 0.154 e. The van der Waals surface area contributed by atoms with E-state index in [1.807, 2.05) is 0 Å². The minimum Gasteiger partial charge on any atom is -0.371 e. The van der Waals surface area contributed by atoms with Crippen LogP contribution in [0.1, 0.15) is 45.4 Å². The topological polar surface area (TPSA) is 69.4 Å². The Bertz CT molecular complexity index is 358. The van der Waals surface area contributed by atoms with Crippen molar-refractivity contribution in [3.63, 3.8) is 0 Å². The molecule has 2 fully saturated rings. The Morgan fingerprint density at radius 3 is 2.59 bits per heavy atom. The quantitative estimate of drug-likeness (QED) is 0.826. The molecule has 2 atom stereocenters. The van der Waals surface area contributed by atoms with E-state index in [4.69, 9.17) is 10.5 Å². The van der Waals surface area contributed by atoms with Gasteiger partial charge in [0.1, 0.15) is 0 Å². The summed E-state index contributed by atoms with van der Waals surface area (Å²) in [5, 5.41) is 0. The third kappa shape index (κ3) is 3.42. The molecule has 0 bridgehead atoms. The number of ether oxygens (including phenoxy) is 1. The number of hydrogen-bond acceptors (Lipinski definition) is 4. The van der Waals surface area contributed by atoms with Gasteiger partial charge in [0.05, 0.1) is 23.2 Å². The van der Waals surface area contributed by atoms with Gasteiger partial charge in [-0.3, -0.25) is 0 Å². The molecule has 0 aromatic carbocycles. The van der Waals surface area contributed by atoms with Crippen molar-refractivity contribution < 1.29 is 13.2 Å². The van der Waals surface area contributed by atoms with E-state index < -0.39 is 9.84 Å². The summed E-state index contributed by atoms with van der Waals surface area (Å²) in [6.07, 6.45) is 6.48. The van der Waals surface area contributed by atoms with Crippen LogP contribution >= 0.6 is 0 Å². The molecule has 0 aromatic heterocycles. The average molecular weight is 261 g/mol. The molecule has 0 radical (unpaired) electrons. The fourth-order valence-corrected chi connectivity index (χ4v) is 4.89. The predicted molar refractivity (Wildman–Crippen MR) is 67.6 cm³/mol. The number of rotatable bonds is 4. The molecular weight excluding hydrogens is 238 g/mol. The van der Waals surface area contributed by atoms with Gasteiger partial charge in [-0.1, -0.05) is 12.8 Å². The molecule has 5 heteroatoms. The normalized spacial score (nSPS) is 29.9. The van der Waals surface area contributed by atoms with E-state index in [1.165, 1.54) is 12.8 Å². The summed E-state index contributed by atoms with van der Waals surface area (Å²) < 4.78 is 29.7. The first-order valence-corrected chi connectivity index (χ1v) is 8.37. The minimum absolute atomic E-state index is 0.0223. The molecule has 100 valence electrons. The molecule has 17 heavy (non-hydrogen) atoms. The summed E-state index contributed by atoms with van der Waals surface area (Å²) in [5.74, 6) is 0.218. The molecule has 2 unspecified atom stereocenters. The summed E-state index contributed by atoms with van der Waals surface area (Å²) in [7, 11) is -3.06. The summed E-state index contributed by atoms with van der Waals surface area (Å²) in [4.78, 5) is 0. The molecule has 2 rings (SSSR count). The first-order chi connectivity index (χ1) is 7.91. The van der Waals surface area contributed by atoms with Gasteiger partial charge in [0.15, 0.2) is 9.84 Å². The van der Waals surface area contributed by atoms with Crippen molar-refractivity contribution in [2.75, 3.05) is 11.5 Å². The van der Waals surface area contributed by atoms with Gasteiger partial charge in [-0.2, -0.15) is 0 Å². The van der Waals surface area contributed by atoms with E-state index in [0.717, 1.165) is 25.7 Å². The highest BCUT2D eigenvalue weighted by atomic mass is 32.2. The fourth-order valence-electron chi connectivity index (χ4n) is 3.15. The zero-order chi connectivity index (χ0) is 12.5. The lowest BCUT2D eigenvalue weighted by Gasteiger charge is -2.23. The summed E-state index contributed by atoms with van der Waals surface area (Å²) in [5.41, 5.74) is 5.57. The molecule has 1 saturated carbocycles. The van der Waals surface area contributed by atoms with Gasteiger partial charge in [-0.25, -0.2) is 8.42 Å². The summed E-state index contributed by atoms with van der Waals surface area (Å²) in [6.45, 7) is 1.73. The zero-order valence-electron chi connectivity index (χ0n) is 10.5. The molecule has 2 N–H and O–H groups in total. The maximum Gasteiger partial charge on any atom is 0.154 e. The number of nitrogens with two attached hydrogens (primary N) is 1. The van der Waals surface area contributed by atoms with Crippen molar-refractivity contribution >= 4 is 9.84 Å². The Morgan fingerprint density at radius 1 is 1.35 bits per heavy atom. The zero-order valence-corrected chi connectivity index (χ0v) is 11.3. The van der Waals surface area contributed by atoms with Gasteiger partial charge in [0.25, 0.3) is 0 Å². The van der Waals surface area contributed by atoms with Gasteiger partial charge in [0, 0.05) is 6.04 Å². The highest BCUT2D eigenvalue weighted by Crippen LogP contribution is 2.43. The third-order valence-corrected chi connectivity index (χ3v) is 5.72. The highest BCUT2D eigenvalue weighted by Gasteiger charge is 2.43. The van der Waals surface area contributed by atoms with E-state index in [2.05, 4.69) is 0 Å². The monoisotopic (exact) mass is 261 g/mol. The van der Waals surface area contributed by atoms with Crippen LogP contribution in [0, 0.1) is 0 Å². The maximum absolute atomic E-state index is 11.8. The standard InChI is InChI=1S/C12H23NO3S/c1-10(13)8-17(14,15)9-11-4-7-12(16-11)5-2-3-6-12/h10-11H,2-9,13H2,1H3. The maximum atomic E-state index is 11.8. The molecule has 1 saturated heterocycles. The number of hydrogen-bond donors (Lipinski definition) is 1. The minimum atomic E-state index is -3.06. The second-order valence-electron chi connectivity index (χ2n) is 5.72. The molecule has 1 aliphatic carbocycles. The first-order valence-electron chi connectivity index (χ1n) is 6.55. The molecule has 4 nitrogen and oxygen atoms in total. The van der Waals surface area contributed by atoms with Gasteiger partial charge in [-0.15, -0.1) is 0 Å². The molecule has 1 heterocycles. The lowest BCUT2D eigenvalue weighted by Crippen LogP contribution is -2.33. The van der Waals surface area contributed by atoms with Crippen molar-refractivity contribution in [1.29, 1.82) is 0 Å². The van der Waals surface area contributed by atoms with E-state index in [-0.39, 0.29) is 29.3 Å². The van der Waals surface area contributed by atoms with Crippen LogP contribution in [0.3, 0.4) is 0 Å². The van der Waals surface area contributed by atoms with Crippen LogP contribution < -0.4 is 5.73 Å². The van der Waals surface area contributed by atoms with Crippen LogP contribution in [0.4, 0.5) is 0 Å². The number of sulfone groups is 1. The Labute approximate surface area is 104 Å². The van der Waals surface area contributed by atoms with Gasteiger partial charge in [0.2, 0.25) is 0 Å². The molecule has 2 aliphatic rings. The van der Waals surface area contributed by atoms with E-state index in [1.54, 1.807) is 6.92 Å². The van der Waals surface area contributed by atoms with Crippen LogP contribution in [0.5, 0.6) is 0 Å². The Balaban J connectivity index is 1.89. The lowest BCUT2D eigenvalue weighted by atomic mass is 9.98. The Hall–Kier alpha value is -0.130. The van der Waals surface area contributed by atoms with E-state index >= 15 is 0 Å². The van der Waals surface area contributed by atoms with Crippen molar-refractivity contribution in [2.24, 2.45) is 5.73 Å². The first kappa shape index (κ1) is 13.3. The largest absolute Gasteiger partial charge is 0.371 e. The van der Waals surface area contributed by atoms with E-state index in [9.17, 15) is 8.42 Å². The van der Waals surface area contributed by atoms with Crippen LogP contribution in [-0.2, 0) is 14.6 Å². The van der Waals surface area contributed by atoms with Gasteiger partial charge in [-0.05, 0) is 32.6 Å². The van der Waals surface area contributed by atoms with Crippen molar-refractivity contribution in [3.8, 4) is 0 Å². The summed E-state index contributed by atoms with van der Waals surface area (Å²) in [6, 6.07) is -0.290. The highest BCUT2D eigenvalue weighted by molar-refractivity contribution is 7.91. The predicted octanol–water partition coefficient (Wildman–Crippen LogP) is 1.24. The fraction of sp³-hybridized carbons (Fsp3) is 1.00. The molecule has 1 aliphatic heterocycles. The lowest BCUT2D eigenvalue weighted by molar-refractivity contribution is -0.0272. The second-order valence-corrected chi connectivity index (χ2v) is 7.88. The second kappa shape index (κ2) is 4.86. The van der Waals surface area contributed by atoms with Crippen LogP contribution in [0.15, 0.2) is 0 Å². The van der Waals surface area contributed by atoms with E-state index in [0.29, 0.717) is 0 Å². The Kier molecular flexibility index (Phi) is 3.80. The molecular formula is C12H23NO3S. The van der Waals surface area contributed by atoms with Crippen LogP contribution in [0.2, 0.25) is 0 Å². The van der Waals surface area contributed by atoms with Crippen LogP contribution in [0.25, 0.3) is 0 Å². The molecule has 0 aromatic rings. The van der Waals surface area contributed by atoms with Gasteiger partial charge >= 0.3 is 0 Å². The molecule has 1 spiro atoms. The van der Waals surface area contributed by atoms with Crippen molar-refractivity contribution in [3.05, 3.63) is 0 Å². The Morgan fingerprint density at radius 2 is 2.00 bits per heavy atom. The molecule has 0 amide bonds. The summed E-state index contributed by atoms with van der Waals surface area (Å²) >= 11 is 0. The van der Waals surface area contributed by atoms with Crippen LogP contribution in [-0.4, -0.2) is 37.7 Å². The SMILES string of the molecule is CC(N)CS(=O)(=O)CC1CCC2(CCCC2)O1.